The lowest BCUT2D eigenvalue weighted by molar-refractivity contribution is 0.477. The van der Waals surface area contributed by atoms with Crippen LogP contribution in [-0.2, 0) is 0 Å². The number of nitrogens with zero attached hydrogens (tertiary/aromatic N) is 2. The maximum atomic E-state index is 9.98. The van der Waals surface area contributed by atoms with Gasteiger partial charge in [-0.2, -0.15) is 0 Å². The van der Waals surface area contributed by atoms with E-state index >= 15 is 0 Å². The average Bonchev–Trinajstić information content (AvgIpc) is 2.31. The molecule has 90 valence electrons. The van der Waals surface area contributed by atoms with Gasteiger partial charge in [0.2, 0.25) is 0 Å². The first-order valence-electron chi connectivity index (χ1n) is 5.16. The Morgan fingerprint density at radius 1 is 1.28 bits per heavy atom. The lowest BCUT2D eigenvalue weighted by atomic mass is 10.0. The second-order valence-corrected chi connectivity index (χ2v) is 4.15. The maximum absolute atomic E-state index is 9.98. The van der Waals surface area contributed by atoms with Gasteiger partial charge in [-0.25, -0.2) is 0 Å². The summed E-state index contributed by atoms with van der Waals surface area (Å²) in [6, 6.07) is 6.87. The van der Waals surface area contributed by atoms with Crippen molar-refractivity contribution in [2.45, 2.75) is 6.92 Å². The fourth-order valence-electron chi connectivity index (χ4n) is 1.64. The molecule has 0 aliphatic carbocycles. The maximum Gasteiger partial charge on any atom is 0.146 e. The highest BCUT2D eigenvalue weighted by molar-refractivity contribution is 9.12. The van der Waals surface area contributed by atoms with Crippen molar-refractivity contribution < 1.29 is 5.11 Å². The van der Waals surface area contributed by atoms with Gasteiger partial charge in [0.05, 0.1) is 5.69 Å². The summed E-state index contributed by atoms with van der Waals surface area (Å²) in [5.41, 5.74) is 8.35. The molecule has 2 aromatic rings. The number of nitrogens with two attached hydrogens (primary N) is 1. The number of anilines is 1. The molecule has 2 rings (SSSR count). The summed E-state index contributed by atoms with van der Waals surface area (Å²) in [6.45, 7) is 1.87. The number of nitrogen functional groups attached to an aromatic ring is 1. The van der Waals surface area contributed by atoms with Crippen LogP contribution in [0.25, 0.3) is 11.3 Å². The van der Waals surface area contributed by atoms with Crippen LogP contribution >= 0.6 is 15.9 Å². The quantitative estimate of drug-likeness (QED) is 0.794. The molecule has 3 N–H and O–H groups in total. The molecule has 0 atom stereocenters. The van der Waals surface area contributed by atoms with E-state index in [1.54, 1.807) is 24.3 Å². The molecule has 0 radical (unpaired) electrons. The van der Waals surface area contributed by atoms with E-state index in [2.05, 4.69) is 36.9 Å². The SMILES string of the molecule is Cc1cc(N)nnc1-c1ccc(C#CBr)cc1O. The Morgan fingerprint density at radius 3 is 2.67 bits per heavy atom. The first-order chi connectivity index (χ1) is 8.61. The van der Waals surface area contributed by atoms with Gasteiger partial charge in [-0.15, -0.1) is 10.2 Å². The average molecular weight is 304 g/mol. The van der Waals surface area contributed by atoms with Gasteiger partial charge >= 0.3 is 0 Å². The fourth-order valence-corrected chi connectivity index (χ4v) is 1.87. The molecule has 5 heteroatoms. The number of aryl methyl sites for hydroxylation is 1. The molecule has 0 spiro atoms. The lowest BCUT2D eigenvalue weighted by Crippen LogP contribution is -1.97. The number of phenols is 1. The van der Waals surface area contributed by atoms with Crippen molar-refractivity contribution in [3.05, 3.63) is 35.4 Å². The predicted molar refractivity (Wildman–Crippen MR) is 74.1 cm³/mol. The first-order valence-corrected chi connectivity index (χ1v) is 5.96. The van der Waals surface area contributed by atoms with Crippen LogP contribution < -0.4 is 5.73 Å². The van der Waals surface area contributed by atoms with Crippen molar-refractivity contribution in [1.82, 2.24) is 10.2 Å². The van der Waals surface area contributed by atoms with Crippen LogP contribution in [0.5, 0.6) is 5.75 Å². The monoisotopic (exact) mass is 303 g/mol. The van der Waals surface area contributed by atoms with Gasteiger partial charge in [0.1, 0.15) is 11.6 Å². The third-order valence-corrected chi connectivity index (χ3v) is 2.65. The third-order valence-electron chi connectivity index (χ3n) is 2.45. The molecular formula is C13H10BrN3O. The smallest absolute Gasteiger partial charge is 0.146 e. The molecular weight excluding hydrogens is 294 g/mol. The lowest BCUT2D eigenvalue weighted by Gasteiger charge is -2.07. The second-order valence-electron chi connectivity index (χ2n) is 3.75. The number of benzene rings is 1. The van der Waals surface area contributed by atoms with E-state index in [1.807, 2.05) is 6.92 Å². The standard InChI is InChI=1S/C13H10BrN3O/c1-8-6-12(15)16-17-13(8)10-3-2-9(4-5-14)7-11(10)18/h2-3,6-7,18H,1H3,(H2,15,16). The first kappa shape index (κ1) is 12.4. The van der Waals surface area contributed by atoms with Crippen molar-refractivity contribution in [3.63, 3.8) is 0 Å². The Morgan fingerprint density at radius 2 is 2.06 bits per heavy atom. The molecule has 0 amide bonds. The van der Waals surface area contributed by atoms with E-state index in [1.165, 1.54) is 0 Å². The molecule has 0 bridgehead atoms. The van der Waals surface area contributed by atoms with Gasteiger partial charge in [-0.05, 0) is 41.6 Å². The van der Waals surface area contributed by atoms with Crippen molar-refractivity contribution in [2.24, 2.45) is 0 Å². The summed E-state index contributed by atoms with van der Waals surface area (Å²) in [6.07, 6.45) is 0. The number of aromatic hydroxyl groups is 1. The molecule has 4 nitrogen and oxygen atoms in total. The Balaban J connectivity index is 2.53. The van der Waals surface area contributed by atoms with Crippen LogP contribution in [0, 0.1) is 17.7 Å². The zero-order valence-electron chi connectivity index (χ0n) is 9.61. The molecule has 0 saturated carbocycles. The van der Waals surface area contributed by atoms with Crippen LogP contribution in [-0.4, -0.2) is 15.3 Å². The summed E-state index contributed by atoms with van der Waals surface area (Å²) in [4.78, 5) is 2.60. The second kappa shape index (κ2) is 5.07. The number of phenolic OH excluding ortho intramolecular Hbond substituents is 1. The summed E-state index contributed by atoms with van der Waals surface area (Å²) in [7, 11) is 0. The van der Waals surface area contributed by atoms with E-state index in [0.717, 1.165) is 5.56 Å². The molecule has 18 heavy (non-hydrogen) atoms. The minimum atomic E-state index is 0.116. The highest BCUT2D eigenvalue weighted by Gasteiger charge is 2.10. The van der Waals surface area contributed by atoms with E-state index in [0.29, 0.717) is 22.6 Å². The topological polar surface area (TPSA) is 72.0 Å². The zero-order valence-corrected chi connectivity index (χ0v) is 11.2. The van der Waals surface area contributed by atoms with E-state index in [4.69, 9.17) is 5.73 Å². The van der Waals surface area contributed by atoms with Crippen LogP contribution in [0.1, 0.15) is 11.1 Å². The zero-order chi connectivity index (χ0) is 13.1. The molecule has 0 saturated heterocycles. The van der Waals surface area contributed by atoms with Crippen LogP contribution in [0.15, 0.2) is 24.3 Å². The molecule has 1 aromatic carbocycles. The highest BCUT2D eigenvalue weighted by atomic mass is 79.9. The Hall–Kier alpha value is -2.06. The Kier molecular flexibility index (Phi) is 3.49. The molecule has 1 heterocycles. The van der Waals surface area contributed by atoms with Crippen LogP contribution in [0.4, 0.5) is 5.82 Å². The number of rotatable bonds is 1. The largest absolute Gasteiger partial charge is 0.507 e. The summed E-state index contributed by atoms with van der Waals surface area (Å²) >= 11 is 3.01. The summed E-state index contributed by atoms with van der Waals surface area (Å²) in [5.74, 6) is 3.28. The third kappa shape index (κ3) is 2.44. The fraction of sp³-hybridized carbons (Fsp3) is 0.0769. The Bertz CT molecular complexity index is 659. The van der Waals surface area contributed by atoms with Gasteiger partial charge in [-0.3, -0.25) is 0 Å². The van der Waals surface area contributed by atoms with E-state index in [9.17, 15) is 5.11 Å². The molecule has 0 unspecified atom stereocenters. The van der Waals surface area contributed by atoms with Crippen LogP contribution in [0.3, 0.4) is 0 Å². The normalized spacial score (nSPS) is 9.67. The molecule has 0 fully saturated rings. The van der Waals surface area contributed by atoms with E-state index in [-0.39, 0.29) is 5.75 Å². The number of hydrogen-bond donors (Lipinski definition) is 2. The van der Waals surface area contributed by atoms with Gasteiger partial charge < -0.3 is 10.8 Å². The van der Waals surface area contributed by atoms with Crippen LogP contribution in [0.2, 0.25) is 0 Å². The summed E-state index contributed by atoms with van der Waals surface area (Å²) < 4.78 is 0. The van der Waals surface area contributed by atoms with Crippen molar-refractivity contribution in [3.8, 4) is 27.8 Å². The minimum Gasteiger partial charge on any atom is -0.507 e. The molecule has 0 aliphatic heterocycles. The minimum absolute atomic E-state index is 0.116. The number of aromatic nitrogens is 2. The van der Waals surface area contributed by atoms with E-state index < -0.39 is 0 Å². The van der Waals surface area contributed by atoms with Crippen molar-refractivity contribution in [2.75, 3.05) is 5.73 Å². The predicted octanol–water partition coefficient (Wildman–Crippen LogP) is 2.44. The Labute approximate surface area is 113 Å². The summed E-state index contributed by atoms with van der Waals surface area (Å²) in [5, 5.41) is 17.8. The highest BCUT2D eigenvalue weighted by Crippen LogP contribution is 2.30. The van der Waals surface area contributed by atoms with Crippen molar-refractivity contribution in [1.29, 1.82) is 0 Å². The number of halogens is 1. The van der Waals surface area contributed by atoms with Gasteiger partial charge in [0.25, 0.3) is 0 Å². The number of hydrogen-bond acceptors (Lipinski definition) is 4. The van der Waals surface area contributed by atoms with Gasteiger partial charge in [-0.1, -0.05) is 5.92 Å². The molecule has 1 aromatic heterocycles. The van der Waals surface area contributed by atoms with Gasteiger partial charge in [0, 0.05) is 27.1 Å². The van der Waals surface area contributed by atoms with Gasteiger partial charge in [0.15, 0.2) is 0 Å². The van der Waals surface area contributed by atoms with Crippen molar-refractivity contribution >= 4 is 21.7 Å². The molecule has 0 aliphatic rings.